The lowest BCUT2D eigenvalue weighted by atomic mass is 10.1. The molecule has 2 rings (SSSR count). The maximum atomic E-state index is 10.8. The van der Waals surface area contributed by atoms with Gasteiger partial charge in [0.1, 0.15) is 0 Å². The molecule has 0 saturated heterocycles. The molecule has 0 fully saturated rings. The Bertz CT molecular complexity index is 554. The summed E-state index contributed by atoms with van der Waals surface area (Å²) in [7, 11) is 0. The molecule has 1 N–H and O–H groups in total. The second kappa shape index (κ2) is 5.95. The highest BCUT2D eigenvalue weighted by molar-refractivity contribution is 7.10. The maximum absolute atomic E-state index is 10.8. The number of non-ortho nitro benzene ring substituents is 1. The molecule has 0 aliphatic rings. The van der Waals surface area contributed by atoms with E-state index in [0.29, 0.717) is 0 Å². The largest absolute Gasteiger partial charge is 0.303 e. The fraction of sp³-hybridized carbons (Fsp3) is 0.286. The molecule has 0 spiro atoms. The van der Waals surface area contributed by atoms with Gasteiger partial charge in [-0.15, -0.1) is 11.3 Å². The molecule has 1 aromatic heterocycles. The average Bonchev–Trinajstić information content (AvgIpc) is 2.92. The standard InChI is InChI=1S/C14H16N2O2S/c1-10(15-11(2)14-7-4-8-19-14)12-5-3-6-13(9-12)16(17)18/h3-11,15H,1-2H3/t10?,11-/m0/s1. The van der Waals surface area contributed by atoms with Crippen LogP contribution >= 0.6 is 11.3 Å². The van der Waals surface area contributed by atoms with Gasteiger partial charge in [0.2, 0.25) is 0 Å². The van der Waals surface area contributed by atoms with Crippen molar-refractivity contribution in [3.05, 3.63) is 62.3 Å². The van der Waals surface area contributed by atoms with Crippen LogP contribution < -0.4 is 5.32 Å². The Morgan fingerprint density at radius 2 is 2.00 bits per heavy atom. The minimum atomic E-state index is -0.362. The number of hydrogen-bond donors (Lipinski definition) is 1. The normalized spacial score (nSPS) is 14.0. The van der Waals surface area contributed by atoms with Crippen molar-refractivity contribution < 1.29 is 4.92 Å². The Kier molecular flexibility index (Phi) is 4.29. The minimum Gasteiger partial charge on any atom is -0.303 e. The van der Waals surface area contributed by atoms with E-state index in [4.69, 9.17) is 0 Å². The maximum Gasteiger partial charge on any atom is 0.269 e. The first-order valence-electron chi connectivity index (χ1n) is 6.11. The Morgan fingerprint density at radius 3 is 2.63 bits per heavy atom. The third kappa shape index (κ3) is 3.39. The summed E-state index contributed by atoms with van der Waals surface area (Å²) < 4.78 is 0. The summed E-state index contributed by atoms with van der Waals surface area (Å²) in [5, 5.41) is 16.3. The second-order valence-electron chi connectivity index (χ2n) is 4.48. The van der Waals surface area contributed by atoms with E-state index in [-0.39, 0.29) is 22.7 Å². The molecule has 2 atom stereocenters. The predicted molar refractivity (Wildman–Crippen MR) is 77.4 cm³/mol. The van der Waals surface area contributed by atoms with Gasteiger partial charge in [0.15, 0.2) is 0 Å². The van der Waals surface area contributed by atoms with Crippen LogP contribution in [0.15, 0.2) is 41.8 Å². The monoisotopic (exact) mass is 276 g/mol. The van der Waals surface area contributed by atoms with E-state index in [1.165, 1.54) is 10.9 Å². The summed E-state index contributed by atoms with van der Waals surface area (Å²) in [6.07, 6.45) is 0. The molecule has 0 aliphatic heterocycles. The van der Waals surface area contributed by atoms with Crippen LogP contribution in [0.2, 0.25) is 0 Å². The summed E-state index contributed by atoms with van der Waals surface area (Å²) in [6.45, 7) is 4.11. The fourth-order valence-electron chi connectivity index (χ4n) is 2.00. The summed E-state index contributed by atoms with van der Waals surface area (Å²) in [6, 6.07) is 11.2. The quantitative estimate of drug-likeness (QED) is 0.661. The van der Waals surface area contributed by atoms with Crippen LogP contribution in [0.4, 0.5) is 5.69 Å². The third-order valence-corrected chi connectivity index (χ3v) is 4.11. The molecule has 2 aromatic rings. The lowest BCUT2D eigenvalue weighted by Gasteiger charge is -2.19. The fourth-order valence-corrected chi connectivity index (χ4v) is 2.74. The van der Waals surface area contributed by atoms with Gasteiger partial charge >= 0.3 is 0 Å². The van der Waals surface area contributed by atoms with Gasteiger partial charge in [0.25, 0.3) is 5.69 Å². The Labute approximate surface area is 116 Å². The number of nitro benzene ring substituents is 1. The third-order valence-electron chi connectivity index (χ3n) is 3.05. The number of nitro groups is 1. The highest BCUT2D eigenvalue weighted by Crippen LogP contribution is 2.24. The minimum absolute atomic E-state index is 0.0667. The smallest absolute Gasteiger partial charge is 0.269 e. The first-order chi connectivity index (χ1) is 9.08. The van der Waals surface area contributed by atoms with Gasteiger partial charge in [-0.05, 0) is 30.9 Å². The summed E-state index contributed by atoms with van der Waals surface area (Å²) >= 11 is 1.71. The molecule has 0 saturated carbocycles. The number of nitrogens with zero attached hydrogens (tertiary/aromatic N) is 1. The first-order valence-corrected chi connectivity index (χ1v) is 6.99. The van der Waals surface area contributed by atoms with Crippen LogP contribution in [0.3, 0.4) is 0 Å². The van der Waals surface area contributed by atoms with Gasteiger partial charge in [0, 0.05) is 29.1 Å². The molecule has 1 aromatic carbocycles. The Balaban J connectivity index is 2.09. The van der Waals surface area contributed by atoms with E-state index < -0.39 is 0 Å². The zero-order valence-corrected chi connectivity index (χ0v) is 11.7. The average molecular weight is 276 g/mol. The number of rotatable bonds is 5. The second-order valence-corrected chi connectivity index (χ2v) is 5.46. The number of nitrogens with one attached hydrogen (secondary N) is 1. The molecular formula is C14H16N2O2S. The molecule has 0 aliphatic carbocycles. The number of hydrogen-bond acceptors (Lipinski definition) is 4. The molecular weight excluding hydrogens is 260 g/mol. The molecule has 0 radical (unpaired) electrons. The van der Waals surface area contributed by atoms with Crippen LogP contribution in [0.25, 0.3) is 0 Å². The van der Waals surface area contributed by atoms with Crippen LogP contribution in [-0.2, 0) is 0 Å². The van der Waals surface area contributed by atoms with E-state index >= 15 is 0 Å². The van der Waals surface area contributed by atoms with Crippen LogP contribution in [0.1, 0.15) is 36.4 Å². The number of thiophene rings is 1. The SMILES string of the molecule is CC(N[C@@H](C)c1cccs1)c1cccc([N+](=O)[O-])c1. The molecule has 100 valence electrons. The van der Waals surface area contributed by atoms with Gasteiger partial charge in [-0.25, -0.2) is 0 Å². The summed E-state index contributed by atoms with van der Waals surface area (Å²) in [4.78, 5) is 11.7. The Morgan fingerprint density at radius 1 is 1.21 bits per heavy atom. The molecule has 19 heavy (non-hydrogen) atoms. The zero-order valence-electron chi connectivity index (χ0n) is 10.9. The molecule has 4 nitrogen and oxygen atoms in total. The van der Waals surface area contributed by atoms with Crippen molar-refractivity contribution in [1.82, 2.24) is 5.32 Å². The highest BCUT2D eigenvalue weighted by atomic mass is 32.1. The van der Waals surface area contributed by atoms with Crippen molar-refractivity contribution >= 4 is 17.0 Å². The lowest BCUT2D eigenvalue weighted by Crippen LogP contribution is -2.21. The highest BCUT2D eigenvalue weighted by Gasteiger charge is 2.14. The Hall–Kier alpha value is -1.72. The van der Waals surface area contributed by atoms with Gasteiger partial charge in [0.05, 0.1) is 4.92 Å². The van der Waals surface area contributed by atoms with Crippen molar-refractivity contribution in [2.75, 3.05) is 0 Å². The van der Waals surface area contributed by atoms with Gasteiger partial charge < -0.3 is 5.32 Å². The van der Waals surface area contributed by atoms with E-state index in [0.717, 1.165) is 5.56 Å². The molecule has 1 heterocycles. The first kappa shape index (κ1) is 13.7. The molecule has 1 unspecified atom stereocenters. The van der Waals surface area contributed by atoms with E-state index in [9.17, 15) is 10.1 Å². The van der Waals surface area contributed by atoms with Crippen molar-refractivity contribution in [3.63, 3.8) is 0 Å². The van der Waals surface area contributed by atoms with E-state index in [1.54, 1.807) is 23.5 Å². The lowest BCUT2D eigenvalue weighted by molar-refractivity contribution is -0.384. The van der Waals surface area contributed by atoms with E-state index in [2.05, 4.69) is 18.3 Å². The van der Waals surface area contributed by atoms with Crippen molar-refractivity contribution in [3.8, 4) is 0 Å². The summed E-state index contributed by atoms with van der Waals surface area (Å²) in [5.41, 5.74) is 1.06. The topological polar surface area (TPSA) is 55.2 Å². The summed E-state index contributed by atoms with van der Waals surface area (Å²) in [5.74, 6) is 0. The van der Waals surface area contributed by atoms with E-state index in [1.807, 2.05) is 24.4 Å². The number of benzene rings is 1. The zero-order chi connectivity index (χ0) is 13.8. The van der Waals surface area contributed by atoms with Crippen LogP contribution in [0, 0.1) is 10.1 Å². The predicted octanol–water partition coefficient (Wildman–Crippen LogP) is 4.07. The van der Waals surface area contributed by atoms with Crippen molar-refractivity contribution in [2.24, 2.45) is 0 Å². The van der Waals surface area contributed by atoms with Gasteiger partial charge in [-0.2, -0.15) is 0 Å². The van der Waals surface area contributed by atoms with Crippen LogP contribution in [-0.4, -0.2) is 4.92 Å². The van der Waals surface area contributed by atoms with Gasteiger partial charge in [-0.3, -0.25) is 10.1 Å². The van der Waals surface area contributed by atoms with Crippen molar-refractivity contribution in [2.45, 2.75) is 25.9 Å². The van der Waals surface area contributed by atoms with Gasteiger partial charge in [-0.1, -0.05) is 18.2 Å². The molecule has 5 heteroatoms. The van der Waals surface area contributed by atoms with Crippen LogP contribution in [0.5, 0.6) is 0 Å². The molecule has 0 bridgehead atoms. The van der Waals surface area contributed by atoms with Crippen molar-refractivity contribution in [1.29, 1.82) is 0 Å². The molecule has 0 amide bonds.